The van der Waals surface area contributed by atoms with Crippen LogP contribution in [-0.2, 0) is 13.2 Å². The van der Waals surface area contributed by atoms with Crippen LogP contribution >= 0.6 is 46.4 Å². The zero-order valence-corrected chi connectivity index (χ0v) is 21.9. The molecule has 180 valence electrons. The van der Waals surface area contributed by atoms with Gasteiger partial charge in [-0.2, -0.15) is 0 Å². The predicted molar refractivity (Wildman–Crippen MR) is 144 cm³/mol. The van der Waals surface area contributed by atoms with E-state index in [9.17, 15) is 0 Å². The van der Waals surface area contributed by atoms with Gasteiger partial charge in [0.1, 0.15) is 6.61 Å². The molecule has 0 spiro atoms. The normalized spacial score (nSPS) is 13.6. The second-order valence-electron chi connectivity index (χ2n) is 8.21. The molecule has 3 aromatic rings. The van der Waals surface area contributed by atoms with Gasteiger partial charge >= 0.3 is 0 Å². The van der Waals surface area contributed by atoms with Gasteiger partial charge in [-0.1, -0.05) is 52.5 Å². The van der Waals surface area contributed by atoms with E-state index in [2.05, 4.69) is 22.3 Å². The third-order valence-electron chi connectivity index (χ3n) is 5.80. The van der Waals surface area contributed by atoms with E-state index in [0.717, 1.165) is 40.6 Å². The summed E-state index contributed by atoms with van der Waals surface area (Å²) in [5.41, 5.74) is 3.88. The first-order valence-corrected chi connectivity index (χ1v) is 12.7. The summed E-state index contributed by atoms with van der Waals surface area (Å²) in [4.78, 5) is 2.36. The average molecular weight is 540 g/mol. The molecule has 1 heterocycles. The zero-order chi connectivity index (χ0) is 24.1. The Bertz CT molecular complexity index is 1150. The number of methoxy groups -OCH3 is 1. The average Bonchev–Trinajstić information content (AvgIpc) is 2.84. The van der Waals surface area contributed by atoms with Crippen LogP contribution in [0.4, 0.5) is 11.4 Å². The van der Waals surface area contributed by atoms with Crippen LogP contribution in [0.25, 0.3) is 0 Å². The van der Waals surface area contributed by atoms with Crippen LogP contribution in [0.1, 0.15) is 30.4 Å². The van der Waals surface area contributed by atoms with Gasteiger partial charge in [-0.3, -0.25) is 0 Å². The molecule has 1 aliphatic rings. The van der Waals surface area contributed by atoms with Crippen LogP contribution in [0.15, 0.2) is 48.5 Å². The monoisotopic (exact) mass is 538 g/mol. The number of piperidine rings is 1. The van der Waals surface area contributed by atoms with E-state index in [0.29, 0.717) is 33.1 Å². The largest absolute Gasteiger partial charge is 0.493 e. The molecule has 0 radical (unpaired) electrons. The molecule has 1 fully saturated rings. The Morgan fingerprint density at radius 1 is 0.794 bits per heavy atom. The molecule has 0 aromatic heterocycles. The van der Waals surface area contributed by atoms with Crippen LogP contribution < -0.4 is 19.7 Å². The van der Waals surface area contributed by atoms with Crippen molar-refractivity contribution in [3.05, 3.63) is 79.7 Å². The summed E-state index contributed by atoms with van der Waals surface area (Å²) < 4.78 is 11.5. The summed E-state index contributed by atoms with van der Waals surface area (Å²) in [6, 6.07) is 15.3. The molecule has 34 heavy (non-hydrogen) atoms. The van der Waals surface area contributed by atoms with Crippen molar-refractivity contribution in [2.75, 3.05) is 30.4 Å². The van der Waals surface area contributed by atoms with Crippen molar-refractivity contribution in [1.29, 1.82) is 0 Å². The molecule has 8 heteroatoms. The van der Waals surface area contributed by atoms with E-state index >= 15 is 0 Å². The molecule has 0 atom stereocenters. The molecule has 0 aliphatic carbocycles. The summed E-state index contributed by atoms with van der Waals surface area (Å²) in [5, 5.41) is 5.62. The molecule has 4 rings (SSSR count). The standard InChI is InChI=1S/C26H26Cl4N2O2/c1-33-25-13-18(12-23(30)26(25)34-16-17-5-7-20(27)21(28)11-17)15-31-19-6-8-24(22(29)14-19)32-9-3-2-4-10-32/h5-8,11-14,31H,2-4,9-10,15-16H2,1H3. The molecule has 1 N–H and O–H groups in total. The van der Waals surface area contributed by atoms with Gasteiger partial charge in [0.2, 0.25) is 0 Å². The van der Waals surface area contributed by atoms with Crippen molar-refractivity contribution < 1.29 is 9.47 Å². The Hall–Kier alpha value is -1.98. The lowest BCUT2D eigenvalue weighted by atomic mass is 10.1. The molecular formula is C26H26Cl4N2O2. The van der Waals surface area contributed by atoms with Crippen molar-refractivity contribution in [1.82, 2.24) is 0 Å². The predicted octanol–water partition coefficient (Wildman–Crippen LogP) is 8.49. The van der Waals surface area contributed by atoms with E-state index in [-0.39, 0.29) is 6.61 Å². The van der Waals surface area contributed by atoms with E-state index in [4.69, 9.17) is 55.9 Å². The van der Waals surface area contributed by atoms with Crippen LogP contribution in [-0.4, -0.2) is 20.2 Å². The smallest absolute Gasteiger partial charge is 0.180 e. The minimum Gasteiger partial charge on any atom is -0.493 e. The molecular weight excluding hydrogens is 514 g/mol. The molecule has 0 saturated carbocycles. The highest BCUT2D eigenvalue weighted by Gasteiger charge is 2.15. The highest BCUT2D eigenvalue weighted by atomic mass is 35.5. The maximum Gasteiger partial charge on any atom is 0.180 e. The number of halogens is 4. The summed E-state index contributed by atoms with van der Waals surface area (Å²) >= 11 is 25.2. The Kier molecular flexibility index (Phi) is 8.60. The summed E-state index contributed by atoms with van der Waals surface area (Å²) in [6.45, 7) is 2.96. The van der Waals surface area contributed by atoms with Crippen LogP contribution in [0.3, 0.4) is 0 Å². The lowest BCUT2D eigenvalue weighted by Gasteiger charge is -2.29. The quantitative estimate of drug-likeness (QED) is 0.311. The second kappa shape index (κ2) is 11.6. The van der Waals surface area contributed by atoms with Crippen molar-refractivity contribution in [3.63, 3.8) is 0 Å². The molecule has 0 amide bonds. The summed E-state index contributed by atoms with van der Waals surface area (Å²) in [7, 11) is 1.59. The zero-order valence-electron chi connectivity index (χ0n) is 18.8. The third kappa shape index (κ3) is 6.17. The number of ether oxygens (including phenoxy) is 2. The van der Waals surface area contributed by atoms with E-state index < -0.39 is 0 Å². The highest BCUT2D eigenvalue weighted by molar-refractivity contribution is 6.42. The van der Waals surface area contributed by atoms with Crippen molar-refractivity contribution >= 4 is 57.8 Å². The van der Waals surface area contributed by atoms with Crippen LogP contribution in [0, 0.1) is 0 Å². The van der Waals surface area contributed by atoms with Crippen LogP contribution in [0.5, 0.6) is 11.5 Å². The van der Waals surface area contributed by atoms with Crippen LogP contribution in [0.2, 0.25) is 20.1 Å². The summed E-state index contributed by atoms with van der Waals surface area (Å²) in [5.74, 6) is 1.04. The van der Waals surface area contributed by atoms with Gasteiger partial charge in [0.05, 0.1) is 32.9 Å². The van der Waals surface area contributed by atoms with Gasteiger partial charge in [-0.15, -0.1) is 0 Å². The Morgan fingerprint density at radius 3 is 2.26 bits per heavy atom. The first-order valence-electron chi connectivity index (χ1n) is 11.2. The minimum atomic E-state index is 0.284. The second-order valence-corrected chi connectivity index (χ2v) is 9.84. The number of nitrogens with one attached hydrogen (secondary N) is 1. The molecule has 1 saturated heterocycles. The molecule has 3 aromatic carbocycles. The molecule has 0 bridgehead atoms. The van der Waals surface area contributed by atoms with Gasteiger partial charge in [0.15, 0.2) is 11.5 Å². The van der Waals surface area contributed by atoms with E-state index in [1.54, 1.807) is 19.2 Å². The molecule has 1 aliphatic heterocycles. The van der Waals surface area contributed by atoms with Crippen molar-refractivity contribution in [3.8, 4) is 11.5 Å². The SMILES string of the molecule is COc1cc(CNc2ccc(N3CCCCC3)c(Cl)c2)cc(Cl)c1OCc1ccc(Cl)c(Cl)c1. The van der Waals surface area contributed by atoms with Gasteiger partial charge in [0.25, 0.3) is 0 Å². The third-order valence-corrected chi connectivity index (χ3v) is 7.12. The van der Waals surface area contributed by atoms with Gasteiger partial charge in [-0.05, 0) is 72.9 Å². The number of nitrogens with zero attached hydrogens (tertiary/aromatic N) is 1. The Labute approximate surface area is 220 Å². The van der Waals surface area contributed by atoms with Gasteiger partial charge < -0.3 is 19.7 Å². The maximum absolute atomic E-state index is 6.59. The minimum absolute atomic E-state index is 0.284. The highest BCUT2D eigenvalue weighted by Crippen LogP contribution is 2.38. The molecule has 4 nitrogen and oxygen atoms in total. The van der Waals surface area contributed by atoms with E-state index in [1.807, 2.05) is 24.3 Å². The fraction of sp³-hybridized carbons (Fsp3) is 0.308. The Morgan fingerprint density at radius 2 is 1.56 bits per heavy atom. The molecule has 0 unspecified atom stereocenters. The Balaban J connectivity index is 1.42. The first-order chi connectivity index (χ1) is 16.4. The lowest BCUT2D eigenvalue weighted by Crippen LogP contribution is -2.29. The van der Waals surface area contributed by atoms with Gasteiger partial charge in [0, 0.05) is 25.3 Å². The topological polar surface area (TPSA) is 33.7 Å². The van der Waals surface area contributed by atoms with Gasteiger partial charge in [-0.25, -0.2) is 0 Å². The number of anilines is 2. The fourth-order valence-electron chi connectivity index (χ4n) is 4.01. The number of rotatable bonds is 8. The maximum atomic E-state index is 6.59. The van der Waals surface area contributed by atoms with Crippen molar-refractivity contribution in [2.24, 2.45) is 0 Å². The van der Waals surface area contributed by atoms with Crippen molar-refractivity contribution in [2.45, 2.75) is 32.4 Å². The lowest BCUT2D eigenvalue weighted by molar-refractivity contribution is 0.284. The number of benzene rings is 3. The number of hydrogen-bond donors (Lipinski definition) is 1. The fourth-order valence-corrected chi connectivity index (χ4v) is 4.92. The van der Waals surface area contributed by atoms with E-state index in [1.165, 1.54) is 19.3 Å². The first kappa shape index (κ1) is 25.1. The summed E-state index contributed by atoms with van der Waals surface area (Å²) in [6.07, 6.45) is 3.72. The number of hydrogen-bond acceptors (Lipinski definition) is 4.